The number of aliphatic hydroxyl groups excluding tert-OH is 1. The Kier molecular flexibility index (Phi) is 4.64. The number of aromatic nitrogens is 2. The van der Waals surface area contributed by atoms with Gasteiger partial charge in [-0.15, -0.1) is 0 Å². The summed E-state index contributed by atoms with van der Waals surface area (Å²) in [6, 6.07) is 18.4. The molecule has 4 heteroatoms. The van der Waals surface area contributed by atoms with Crippen LogP contribution in [-0.4, -0.2) is 15.3 Å². The van der Waals surface area contributed by atoms with Gasteiger partial charge in [-0.2, -0.15) is 5.10 Å². The molecule has 4 aromatic rings. The van der Waals surface area contributed by atoms with Gasteiger partial charge in [0.05, 0.1) is 17.7 Å². The molecule has 2 N–H and O–H groups in total. The van der Waals surface area contributed by atoms with Crippen molar-refractivity contribution < 1.29 is 5.11 Å². The zero-order chi connectivity index (χ0) is 19.8. The first-order valence-corrected chi connectivity index (χ1v) is 10.4. The van der Waals surface area contributed by atoms with Gasteiger partial charge in [0.15, 0.2) is 0 Å². The van der Waals surface area contributed by atoms with Crippen molar-refractivity contribution >= 4 is 21.5 Å². The van der Waals surface area contributed by atoms with Crippen LogP contribution in [0.5, 0.6) is 0 Å². The molecule has 146 valence electrons. The molecule has 5 rings (SSSR count). The Morgan fingerprint density at radius 2 is 1.76 bits per heavy atom. The molecule has 3 aromatic carbocycles. The van der Waals surface area contributed by atoms with Gasteiger partial charge >= 0.3 is 0 Å². The summed E-state index contributed by atoms with van der Waals surface area (Å²) in [7, 11) is 0. The first-order valence-electron chi connectivity index (χ1n) is 10.4. The molecule has 1 fully saturated rings. The Balaban J connectivity index is 1.56. The monoisotopic (exact) mass is 384 g/mol. The minimum Gasteiger partial charge on any atom is -0.388 e. The molecule has 1 aliphatic rings. The van der Waals surface area contributed by atoms with E-state index in [4.69, 9.17) is 0 Å². The fourth-order valence-electron chi connectivity index (χ4n) is 4.72. The number of hydrogen-bond donors (Lipinski definition) is 2. The smallest absolute Gasteiger partial charge is 0.272 e. The van der Waals surface area contributed by atoms with Gasteiger partial charge in [0.2, 0.25) is 0 Å². The van der Waals surface area contributed by atoms with E-state index in [0.717, 1.165) is 45.7 Å². The minimum atomic E-state index is -0.387. The maximum Gasteiger partial charge on any atom is 0.272 e. The van der Waals surface area contributed by atoms with Crippen LogP contribution in [0.4, 0.5) is 0 Å². The first-order chi connectivity index (χ1) is 14.2. The molecule has 1 saturated carbocycles. The van der Waals surface area contributed by atoms with Gasteiger partial charge in [0, 0.05) is 5.39 Å². The summed E-state index contributed by atoms with van der Waals surface area (Å²) < 4.78 is 0. The van der Waals surface area contributed by atoms with E-state index in [1.807, 2.05) is 18.2 Å². The summed E-state index contributed by atoms with van der Waals surface area (Å²) in [4.78, 5) is 11.9. The summed E-state index contributed by atoms with van der Waals surface area (Å²) in [5.41, 5.74) is 3.00. The number of nitrogens with one attached hydrogen (secondary N) is 1. The van der Waals surface area contributed by atoms with Crippen LogP contribution in [0.1, 0.15) is 43.8 Å². The number of H-pyrrole nitrogens is 1. The topological polar surface area (TPSA) is 66.0 Å². The van der Waals surface area contributed by atoms with Crippen LogP contribution in [-0.2, 0) is 0 Å². The fraction of sp³-hybridized carbons (Fsp3) is 0.280. The maximum atomic E-state index is 11.9. The zero-order valence-corrected chi connectivity index (χ0v) is 16.3. The highest BCUT2D eigenvalue weighted by atomic mass is 16.3. The molecule has 0 aliphatic heterocycles. The van der Waals surface area contributed by atoms with Crippen LogP contribution in [0, 0.1) is 5.92 Å². The molecule has 1 atom stereocenters. The van der Waals surface area contributed by atoms with Crippen molar-refractivity contribution in [1.29, 1.82) is 0 Å². The van der Waals surface area contributed by atoms with Gasteiger partial charge in [-0.1, -0.05) is 55.7 Å². The molecule has 1 aromatic heterocycles. The van der Waals surface area contributed by atoms with Crippen molar-refractivity contribution in [2.75, 3.05) is 0 Å². The fourth-order valence-corrected chi connectivity index (χ4v) is 4.72. The molecular weight excluding hydrogens is 360 g/mol. The first kappa shape index (κ1) is 18.1. The van der Waals surface area contributed by atoms with Gasteiger partial charge in [-0.05, 0) is 64.4 Å². The number of nitrogens with zero attached hydrogens (tertiary/aromatic N) is 1. The quantitative estimate of drug-likeness (QED) is 0.500. The lowest BCUT2D eigenvalue weighted by Crippen LogP contribution is -2.15. The van der Waals surface area contributed by atoms with Gasteiger partial charge in [-0.3, -0.25) is 4.79 Å². The SMILES string of the molecule is O=c1[nH]ncc2cc(-c3cccc4cc(C(O)C5CCCCC5)ccc34)ccc12. The van der Waals surface area contributed by atoms with Gasteiger partial charge in [-0.25, -0.2) is 5.10 Å². The van der Waals surface area contributed by atoms with Crippen LogP contribution in [0.25, 0.3) is 32.7 Å². The molecule has 4 nitrogen and oxygen atoms in total. The second-order valence-electron chi connectivity index (χ2n) is 8.13. The number of rotatable bonds is 3. The van der Waals surface area contributed by atoms with Crippen LogP contribution in [0.15, 0.2) is 65.6 Å². The summed E-state index contributed by atoms with van der Waals surface area (Å²) in [6.45, 7) is 0. The molecule has 0 amide bonds. The van der Waals surface area contributed by atoms with Crippen molar-refractivity contribution in [2.45, 2.75) is 38.2 Å². The summed E-state index contributed by atoms with van der Waals surface area (Å²) in [5, 5.41) is 21.0. The maximum absolute atomic E-state index is 11.9. The summed E-state index contributed by atoms with van der Waals surface area (Å²) in [5.74, 6) is 0.371. The Morgan fingerprint density at radius 1 is 0.931 bits per heavy atom. The minimum absolute atomic E-state index is 0.173. The molecule has 0 spiro atoms. The van der Waals surface area contributed by atoms with Crippen molar-refractivity contribution in [1.82, 2.24) is 10.2 Å². The van der Waals surface area contributed by atoms with Crippen LogP contribution in [0.2, 0.25) is 0 Å². The van der Waals surface area contributed by atoms with E-state index in [1.54, 1.807) is 6.20 Å². The molecule has 0 saturated heterocycles. The Morgan fingerprint density at radius 3 is 2.62 bits per heavy atom. The van der Waals surface area contributed by atoms with E-state index in [9.17, 15) is 9.90 Å². The standard InChI is InChI=1S/C25H24N2O2/c28-24(16-5-2-1-3-6-16)19-10-11-22-17(13-19)7-4-8-21(22)18-9-12-23-20(14-18)15-26-27-25(23)29/h4,7-16,24,28H,1-3,5-6H2,(H,27,29). The highest BCUT2D eigenvalue weighted by Gasteiger charge is 2.23. The predicted molar refractivity (Wildman–Crippen MR) is 117 cm³/mol. The van der Waals surface area contributed by atoms with Gasteiger partial charge in [0.1, 0.15) is 0 Å². The lowest BCUT2D eigenvalue weighted by molar-refractivity contribution is 0.0849. The number of hydrogen-bond acceptors (Lipinski definition) is 3. The highest BCUT2D eigenvalue weighted by molar-refractivity contribution is 5.99. The van der Waals surface area contributed by atoms with Crippen molar-refractivity contribution in [3.8, 4) is 11.1 Å². The summed E-state index contributed by atoms with van der Waals surface area (Å²) in [6.07, 6.45) is 7.26. The van der Waals surface area contributed by atoms with Crippen LogP contribution >= 0.6 is 0 Å². The molecular formula is C25H24N2O2. The van der Waals surface area contributed by atoms with E-state index in [1.165, 1.54) is 19.3 Å². The third kappa shape index (κ3) is 3.34. The van der Waals surface area contributed by atoms with Crippen molar-refractivity contribution in [2.24, 2.45) is 5.92 Å². The molecule has 0 radical (unpaired) electrons. The van der Waals surface area contributed by atoms with Crippen LogP contribution in [0.3, 0.4) is 0 Å². The Bertz CT molecular complexity index is 1240. The van der Waals surface area contributed by atoms with E-state index in [0.29, 0.717) is 11.3 Å². The molecule has 1 heterocycles. The number of fused-ring (bicyclic) bond motifs is 2. The largest absolute Gasteiger partial charge is 0.388 e. The average Bonchev–Trinajstić information content (AvgIpc) is 2.78. The van der Waals surface area contributed by atoms with Crippen molar-refractivity contribution in [3.05, 3.63) is 76.7 Å². The van der Waals surface area contributed by atoms with Gasteiger partial charge in [0.25, 0.3) is 5.56 Å². The van der Waals surface area contributed by atoms with Crippen molar-refractivity contribution in [3.63, 3.8) is 0 Å². The third-order valence-electron chi connectivity index (χ3n) is 6.32. The average molecular weight is 384 g/mol. The predicted octanol–water partition coefficient (Wildman–Crippen LogP) is 5.36. The van der Waals surface area contributed by atoms with Gasteiger partial charge < -0.3 is 5.11 Å². The Labute approximate surface area is 169 Å². The van der Waals surface area contributed by atoms with E-state index in [2.05, 4.69) is 46.6 Å². The Hall–Kier alpha value is -2.98. The second-order valence-corrected chi connectivity index (χ2v) is 8.13. The second kappa shape index (κ2) is 7.45. The lowest BCUT2D eigenvalue weighted by Gasteiger charge is -2.27. The molecule has 29 heavy (non-hydrogen) atoms. The number of aromatic amines is 1. The van der Waals surface area contributed by atoms with E-state index >= 15 is 0 Å². The third-order valence-corrected chi connectivity index (χ3v) is 6.32. The number of benzene rings is 3. The van der Waals surface area contributed by atoms with E-state index < -0.39 is 0 Å². The van der Waals surface area contributed by atoms with Crippen LogP contribution < -0.4 is 5.56 Å². The van der Waals surface area contributed by atoms with E-state index in [-0.39, 0.29) is 11.7 Å². The zero-order valence-electron chi connectivity index (χ0n) is 16.3. The highest BCUT2D eigenvalue weighted by Crippen LogP contribution is 2.37. The lowest BCUT2D eigenvalue weighted by atomic mass is 9.82. The normalized spacial score (nSPS) is 16.3. The molecule has 1 unspecified atom stereocenters. The molecule has 1 aliphatic carbocycles. The number of aliphatic hydroxyl groups is 1. The molecule has 0 bridgehead atoms. The summed E-state index contributed by atoms with van der Waals surface area (Å²) >= 11 is 0.